The Kier molecular flexibility index (Phi) is 5.71. The summed E-state index contributed by atoms with van der Waals surface area (Å²) in [5, 5.41) is 0.904. The largest absolute Gasteiger partial charge is 0.288 e. The minimum Gasteiger partial charge on any atom is -0.271 e. The molecule has 1 aromatic carbocycles. The van der Waals surface area contributed by atoms with Crippen LogP contribution in [0.25, 0.3) is 10.9 Å². The number of nitrogens with zero attached hydrogens (tertiary/aromatic N) is 2. The molecule has 1 aromatic heterocycles. The predicted octanol–water partition coefficient (Wildman–Crippen LogP) is 1.20. The molecule has 0 bridgehead atoms. The zero-order valence-corrected chi connectivity index (χ0v) is 15.8. The number of carbonyl (C=O) groups excluding carboxylic acids is 2. The maximum Gasteiger partial charge on any atom is 0.288 e. The van der Waals surface area contributed by atoms with Crippen LogP contribution in [0.1, 0.15) is 36.7 Å². The SMILES string of the molecule is CCCS(=O)(=O)N1CCC[C@H]1C(=O)NNC(=O)c1ccc2ccccc2n1. The molecule has 2 amide bonds. The van der Waals surface area contributed by atoms with Gasteiger partial charge < -0.3 is 0 Å². The molecule has 1 aliphatic rings. The van der Waals surface area contributed by atoms with Gasteiger partial charge in [-0.05, 0) is 31.4 Å². The van der Waals surface area contributed by atoms with Crippen LogP contribution in [-0.2, 0) is 14.8 Å². The number of fused-ring (bicyclic) bond motifs is 1. The number of rotatable bonds is 5. The lowest BCUT2D eigenvalue weighted by molar-refractivity contribution is -0.125. The van der Waals surface area contributed by atoms with Crippen molar-refractivity contribution in [2.45, 2.75) is 32.2 Å². The van der Waals surface area contributed by atoms with Gasteiger partial charge in [-0.25, -0.2) is 13.4 Å². The number of sulfonamides is 1. The number of hydrazine groups is 1. The van der Waals surface area contributed by atoms with E-state index in [2.05, 4.69) is 15.8 Å². The molecule has 1 atom stereocenters. The zero-order valence-electron chi connectivity index (χ0n) is 15.0. The minimum atomic E-state index is -3.47. The van der Waals surface area contributed by atoms with Gasteiger partial charge in [-0.2, -0.15) is 4.31 Å². The molecule has 8 nitrogen and oxygen atoms in total. The number of aromatic nitrogens is 1. The minimum absolute atomic E-state index is 0.00412. The molecule has 1 fully saturated rings. The van der Waals surface area contributed by atoms with Crippen LogP contribution < -0.4 is 10.9 Å². The van der Waals surface area contributed by atoms with Crippen molar-refractivity contribution in [1.29, 1.82) is 0 Å². The average molecular weight is 390 g/mol. The molecular formula is C18H22N4O4S. The Morgan fingerprint density at radius 2 is 1.96 bits per heavy atom. The fraction of sp³-hybridized carbons (Fsp3) is 0.389. The van der Waals surface area contributed by atoms with Crippen LogP contribution in [0.4, 0.5) is 0 Å². The second kappa shape index (κ2) is 8.01. The van der Waals surface area contributed by atoms with Crippen molar-refractivity contribution >= 4 is 32.7 Å². The van der Waals surface area contributed by atoms with E-state index in [-0.39, 0.29) is 11.4 Å². The molecule has 0 radical (unpaired) electrons. The first-order valence-corrected chi connectivity index (χ1v) is 10.5. The number of para-hydroxylation sites is 1. The molecule has 2 aromatic rings. The van der Waals surface area contributed by atoms with Crippen molar-refractivity contribution in [3.8, 4) is 0 Å². The van der Waals surface area contributed by atoms with E-state index >= 15 is 0 Å². The van der Waals surface area contributed by atoms with Crippen molar-refractivity contribution in [3.63, 3.8) is 0 Å². The molecule has 2 heterocycles. The molecule has 1 aliphatic heterocycles. The summed E-state index contributed by atoms with van der Waals surface area (Å²) in [7, 11) is -3.47. The third-order valence-corrected chi connectivity index (χ3v) is 6.53. The summed E-state index contributed by atoms with van der Waals surface area (Å²) in [4.78, 5) is 28.9. The van der Waals surface area contributed by atoms with Crippen LogP contribution in [0, 0.1) is 0 Å². The van der Waals surface area contributed by atoms with Crippen LogP contribution in [-0.4, -0.2) is 47.9 Å². The highest BCUT2D eigenvalue weighted by molar-refractivity contribution is 7.89. The number of hydrogen-bond donors (Lipinski definition) is 2. The number of benzene rings is 1. The van der Waals surface area contributed by atoms with E-state index in [0.29, 0.717) is 31.3 Å². The molecule has 9 heteroatoms. The first-order chi connectivity index (χ1) is 12.9. The lowest BCUT2D eigenvalue weighted by Crippen LogP contribution is -2.51. The third-order valence-electron chi connectivity index (χ3n) is 4.46. The van der Waals surface area contributed by atoms with Gasteiger partial charge in [-0.15, -0.1) is 0 Å². The quantitative estimate of drug-likeness (QED) is 0.746. The second-order valence-corrected chi connectivity index (χ2v) is 8.46. The van der Waals surface area contributed by atoms with Gasteiger partial charge in [0, 0.05) is 11.9 Å². The summed E-state index contributed by atoms with van der Waals surface area (Å²) in [6.07, 6.45) is 1.53. The maximum atomic E-state index is 12.4. The maximum absolute atomic E-state index is 12.4. The first kappa shape index (κ1) is 19.2. The molecule has 0 spiro atoms. The Morgan fingerprint density at radius 3 is 2.74 bits per heavy atom. The summed E-state index contributed by atoms with van der Waals surface area (Å²) >= 11 is 0. The van der Waals surface area contributed by atoms with Crippen LogP contribution in [0.5, 0.6) is 0 Å². The van der Waals surface area contributed by atoms with Gasteiger partial charge in [0.25, 0.3) is 11.8 Å². The van der Waals surface area contributed by atoms with Crippen molar-refractivity contribution in [2.75, 3.05) is 12.3 Å². The Balaban J connectivity index is 1.64. The number of carbonyl (C=O) groups is 2. The summed E-state index contributed by atoms with van der Waals surface area (Å²) in [6.45, 7) is 2.10. The van der Waals surface area contributed by atoms with E-state index in [0.717, 1.165) is 5.39 Å². The summed E-state index contributed by atoms with van der Waals surface area (Å²) in [6, 6.07) is 9.92. The molecule has 144 valence electrons. The summed E-state index contributed by atoms with van der Waals surface area (Å²) in [5.41, 5.74) is 5.49. The molecule has 0 aliphatic carbocycles. The molecule has 1 saturated heterocycles. The Hall–Kier alpha value is -2.52. The van der Waals surface area contributed by atoms with Gasteiger partial charge in [0.15, 0.2) is 0 Å². The number of amides is 2. The smallest absolute Gasteiger partial charge is 0.271 e. The topological polar surface area (TPSA) is 108 Å². The summed E-state index contributed by atoms with van der Waals surface area (Å²) < 4.78 is 25.8. The predicted molar refractivity (Wildman–Crippen MR) is 101 cm³/mol. The van der Waals surface area contributed by atoms with Crippen LogP contribution in [0.2, 0.25) is 0 Å². The highest BCUT2D eigenvalue weighted by Crippen LogP contribution is 2.21. The molecular weight excluding hydrogens is 368 g/mol. The monoisotopic (exact) mass is 390 g/mol. The highest BCUT2D eigenvalue weighted by atomic mass is 32.2. The van der Waals surface area contributed by atoms with E-state index in [4.69, 9.17) is 0 Å². The van der Waals surface area contributed by atoms with E-state index < -0.39 is 27.9 Å². The van der Waals surface area contributed by atoms with Crippen LogP contribution in [0.3, 0.4) is 0 Å². The van der Waals surface area contributed by atoms with Gasteiger partial charge in [-0.3, -0.25) is 20.4 Å². The number of pyridine rings is 1. The van der Waals surface area contributed by atoms with Crippen molar-refractivity contribution < 1.29 is 18.0 Å². The Morgan fingerprint density at radius 1 is 1.19 bits per heavy atom. The van der Waals surface area contributed by atoms with Gasteiger partial charge >= 0.3 is 0 Å². The van der Waals surface area contributed by atoms with E-state index in [1.807, 2.05) is 18.2 Å². The fourth-order valence-electron chi connectivity index (χ4n) is 3.17. The van der Waals surface area contributed by atoms with Gasteiger partial charge in [-0.1, -0.05) is 31.2 Å². The molecule has 0 unspecified atom stereocenters. The first-order valence-electron chi connectivity index (χ1n) is 8.88. The highest BCUT2D eigenvalue weighted by Gasteiger charge is 2.38. The Bertz CT molecular complexity index is 961. The number of nitrogens with one attached hydrogen (secondary N) is 2. The lowest BCUT2D eigenvalue weighted by Gasteiger charge is -2.23. The second-order valence-electron chi connectivity index (χ2n) is 6.42. The van der Waals surface area contributed by atoms with E-state index in [1.165, 1.54) is 4.31 Å². The van der Waals surface area contributed by atoms with Gasteiger partial charge in [0.2, 0.25) is 10.0 Å². The summed E-state index contributed by atoms with van der Waals surface area (Å²) in [5.74, 6) is -1.10. The number of hydrogen-bond acceptors (Lipinski definition) is 5. The van der Waals surface area contributed by atoms with Crippen LogP contribution >= 0.6 is 0 Å². The standard InChI is InChI=1S/C18H22N4O4S/c1-2-12-27(25,26)22-11-5-8-16(22)18(24)21-20-17(23)15-10-9-13-6-3-4-7-14(13)19-15/h3-4,6-7,9-10,16H,2,5,8,11-12H2,1H3,(H,20,23)(H,21,24)/t16-/m0/s1. The van der Waals surface area contributed by atoms with Crippen molar-refractivity contribution in [3.05, 3.63) is 42.1 Å². The van der Waals surface area contributed by atoms with Crippen molar-refractivity contribution in [1.82, 2.24) is 20.1 Å². The van der Waals surface area contributed by atoms with E-state index in [1.54, 1.807) is 25.1 Å². The Labute approximate surface area is 158 Å². The molecule has 2 N–H and O–H groups in total. The van der Waals surface area contributed by atoms with Crippen molar-refractivity contribution in [2.24, 2.45) is 0 Å². The van der Waals surface area contributed by atoms with E-state index in [9.17, 15) is 18.0 Å². The van der Waals surface area contributed by atoms with Gasteiger partial charge in [0.05, 0.1) is 11.3 Å². The van der Waals surface area contributed by atoms with Gasteiger partial charge in [0.1, 0.15) is 11.7 Å². The lowest BCUT2D eigenvalue weighted by atomic mass is 10.2. The third kappa shape index (κ3) is 4.25. The molecule has 27 heavy (non-hydrogen) atoms. The normalized spacial score (nSPS) is 17.7. The molecule has 0 saturated carbocycles. The molecule has 3 rings (SSSR count). The average Bonchev–Trinajstić information content (AvgIpc) is 3.16. The van der Waals surface area contributed by atoms with Crippen LogP contribution in [0.15, 0.2) is 36.4 Å². The fourth-order valence-corrected chi connectivity index (χ4v) is 4.92. The zero-order chi connectivity index (χ0) is 19.4.